The Morgan fingerprint density at radius 3 is 2.36 bits per heavy atom. The quantitative estimate of drug-likeness (QED) is 0.265. The van der Waals surface area contributed by atoms with Crippen molar-refractivity contribution in [2.45, 2.75) is 31.9 Å². The zero-order chi connectivity index (χ0) is 25.2. The Kier molecular flexibility index (Phi) is 6.98. The van der Waals surface area contributed by atoms with E-state index in [1.807, 2.05) is 48.5 Å². The predicted molar refractivity (Wildman–Crippen MR) is 140 cm³/mol. The van der Waals surface area contributed by atoms with Gasteiger partial charge in [0, 0.05) is 0 Å². The number of benzene rings is 3. The van der Waals surface area contributed by atoms with Gasteiger partial charge in [0.15, 0.2) is 6.10 Å². The van der Waals surface area contributed by atoms with Crippen LogP contribution >= 0.6 is 15.9 Å². The second-order valence-corrected chi connectivity index (χ2v) is 9.61. The average molecular weight is 551 g/mol. The highest BCUT2D eigenvalue weighted by Crippen LogP contribution is 2.48. The van der Waals surface area contributed by atoms with E-state index in [0.29, 0.717) is 23.8 Å². The number of nitrogens with zero attached hydrogens (tertiary/aromatic N) is 2. The van der Waals surface area contributed by atoms with Crippen LogP contribution in [0.5, 0.6) is 11.5 Å². The highest BCUT2D eigenvalue weighted by atomic mass is 79.9. The van der Waals surface area contributed by atoms with Gasteiger partial charge in [0.25, 0.3) is 5.91 Å². The first-order chi connectivity index (χ1) is 17.5. The summed E-state index contributed by atoms with van der Waals surface area (Å²) in [5, 5.41) is 1.68. The summed E-state index contributed by atoms with van der Waals surface area (Å²) in [5.41, 5.74) is 2.11. The van der Waals surface area contributed by atoms with Gasteiger partial charge in [0.2, 0.25) is 5.91 Å². The molecule has 186 valence electrons. The van der Waals surface area contributed by atoms with Gasteiger partial charge in [0.1, 0.15) is 17.4 Å². The fraction of sp³-hybridized carbons (Fsp3) is 0.286. The summed E-state index contributed by atoms with van der Waals surface area (Å²) in [6.07, 6.45) is 1.08. The van der Waals surface area contributed by atoms with Gasteiger partial charge in [-0.3, -0.25) is 14.4 Å². The van der Waals surface area contributed by atoms with Gasteiger partial charge in [-0.1, -0.05) is 37.6 Å². The van der Waals surface area contributed by atoms with E-state index in [9.17, 15) is 9.59 Å². The average Bonchev–Trinajstić information content (AvgIpc) is 3.41. The van der Waals surface area contributed by atoms with Crippen molar-refractivity contribution in [3.05, 3.63) is 82.8 Å². The standard InChI is InChI=1S/C28H27BrN2O5/c1-3-4-16-35-21-13-11-19(12-14-21)30-27(32)24-25(18-10-15-23(34-2)22(29)17-18)31(36-26(24)28(30)33)20-8-6-5-7-9-20/h5-15,17,24-26H,3-4,16H2,1-2H3/t24-,25-,26+/m1/s1. The van der Waals surface area contributed by atoms with Crippen LogP contribution in [0.3, 0.4) is 0 Å². The molecule has 36 heavy (non-hydrogen) atoms. The van der Waals surface area contributed by atoms with Crippen LogP contribution in [0.4, 0.5) is 11.4 Å². The van der Waals surface area contributed by atoms with E-state index in [4.69, 9.17) is 14.3 Å². The number of unbranched alkanes of at least 4 members (excludes halogenated alkanes) is 1. The molecule has 0 saturated carbocycles. The second kappa shape index (κ2) is 10.3. The number of carbonyl (C=O) groups excluding carboxylic acids is 2. The molecule has 2 amide bonds. The first kappa shape index (κ1) is 24.3. The van der Waals surface area contributed by atoms with Crippen LogP contribution in [0.2, 0.25) is 0 Å². The lowest BCUT2D eigenvalue weighted by Gasteiger charge is -2.29. The Balaban J connectivity index is 1.48. The third-order valence-electron chi connectivity index (χ3n) is 6.51. The Morgan fingerprint density at radius 2 is 1.69 bits per heavy atom. The van der Waals surface area contributed by atoms with Gasteiger partial charge in [0.05, 0.1) is 35.6 Å². The lowest BCUT2D eigenvalue weighted by atomic mass is 9.90. The highest BCUT2D eigenvalue weighted by Gasteiger charge is 2.60. The number of rotatable bonds is 8. The predicted octanol–water partition coefficient (Wildman–Crippen LogP) is 5.69. The summed E-state index contributed by atoms with van der Waals surface area (Å²) < 4.78 is 11.9. The summed E-state index contributed by atoms with van der Waals surface area (Å²) in [4.78, 5) is 34.7. The molecule has 3 aromatic carbocycles. The molecule has 0 unspecified atom stereocenters. The molecule has 2 aliphatic rings. The van der Waals surface area contributed by atoms with E-state index in [0.717, 1.165) is 28.6 Å². The molecule has 0 aromatic heterocycles. The number of para-hydroxylation sites is 1. The van der Waals surface area contributed by atoms with Gasteiger partial charge in [-0.2, -0.15) is 0 Å². The normalized spacial score (nSPS) is 21.1. The molecular weight excluding hydrogens is 524 g/mol. The first-order valence-corrected chi connectivity index (χ1v) is 12.8. The fourth-order valence-electron chi connectivity index (χ4n) is 4.70. The number of fused-ring (bicyclic) bond motifs is 1. The molecule has 0 spiro atoms. The van der Waals surface area contributed by atoms with Crippen molar-refractivity contribution < 1.29 is 23.9 Å². The highest BCUT2D eigenvalue weighted by molar-refractivity contribution is 9.10. The summed E-state index contributed by atoms with van der Waals surface area (Å²) >= 11 is 3.55. The van der Waals surface area contributed by atoms with Crippen LogP contribution in [0.25, 0.3) is 0 Å². The molecule has 0 bridgehead atoms. The van der Waals surface area contributed by atoms with Crippen LogP contribution in [0.15, 0.2) is 77.3 Å². The van der Waals surface area contributed by atoms with E-state index < -0.39 is 18.1 Å². The molecule has 8 heteroatoms. The molecule has 7 nitrogen and oxygen atoms in total. The van der Waals surface area contributed by atoms with E-state index in [2.05, 4.69) is 22.9 Å². The van der Waals surface area contributed by atoms with Gasteiger partial charge < -0.3 is 9.47 Å². The van der Waals surface area contributed by atoms with Gasteiger partial charge in [-0.15, -0.1) is 0 Å². The van der Waals surface area contributed by atoms with E-state index in [-0.39, 0.29) is 11.8 Å². The van der Waals surface area contributed by atoms with Crippen molar-refractivity contribution in [1.82, 2.24) is 0 Å². The van der Waals surface area contributed by atoms with Crippen molar-refractivity contribution in [3.8, 4) is 11.5 Å². The number of anilines is 2. The number of carbonyl (C=O) groups is 2. The molecule has 3 aromatic rings. The maximum Gasteiger partial charge on any atom is 0.266 e. The molecule has 2 heterocycles. The Hall–Kier alpha value is -3.36. The number of hydroxylamine groups is 1. The smallest absolute Gasteiger partial charge is 0.266 e. The molecule has 3 atom stereocenters. The van der Waals surface area contributed by atoms with Crippen LogP contribution < -0.4 is 19.4 Å². The van der Waals surface area contributed by atoms with Crippen molar-refractivity contribution in [2.24, 2.45) is 5.92 Å². The largest absolute Gasteiger partial charge is 0.496 e. The second-order valence-electron chi connectivity index (χ2n) is 8.76. The summed E-state index contributed by atoms with van der Waals surface area (Å²) in [6, 6.07) is 21.7. The van der Waals surface area contributed by atoms with Gasteiger partial charge in [-0.25, -0.2) is 9.96 Å². The Bertz CT molecular complexity index is 1250. The van der Waals surface area contributed by atoms with Crippen LogP contribution in [-0.2, 0) is 14.4 Å². The lowest BCUT2D eigenvalue weighted by molar-refractivity contribution is -0.126. The Labute approximate surface area is 218 Å². The fourth-order valence-corrected chi connectivity index (χ4v) is 5.26. The molecular formula is C28H27BrN2O5. The minimum atomic E-state index is -0.927. The zero-order valence-corrected chi connectivity index (χ0v) is 21.7. The number of halogens is 1. The monoisotopic (exact) mass is 550 g/mol. The maximum absolute atomic E-state index is 13.8. The topological polar surface area (TPSA) is 68.3 Å². The van der Waals surface area contributed by atoms with Crippen molar-refractivity contribution in [2.75, 3.05) is 23.7 Å². The third-order valence-corrected chi connectivity index (χ3v) is 7.12. The summed E-state index contributed by atoms with van der Waals surface area (Å²) in [5.74, 6) is 0.00953. The van der Waals surface area contributed by atoms with Gasteiger partial charge >= 0.3 is 0 Å². The number of amides is 2. The molecule has 0 N–H and O–H groups in total. The zero-order valence-electron chi connectivity index (χ0n) is 20.1. The molecule has 2 fully saturated rings. The van der Waals surface area contributed by atoms with Crippen molar-refractivity contribution >= 4 is 39.1 Å². The van der Waals surface area contributed by atoms with Gasteiger partial charge in [-0.05, 0) is 76.4 Å². The number of hydrogen-bond donors (Lipinski definition) is 0. The van der Waals surface area contributed by atoms with Crippen LogP contribution in [0, 0.1) is 5.92 Å². The molecule has 2 saturated heterocycles. The van der Waals surface area contributed by atoms with E-state index in [1.165, 1.54) is 4.90 Å². The maximum atomic E-state index is 13.8. The summed E-state index contributed by atoms with van der Waals surface area (Å²) in [6.45, 7) is 2.73. The number of ether oxygens (including phenoxy) is 2. The first-order valence-electron chi connectivity index (χ1n) is 12.0. The SMILES string of the molecule is CCCCOc1ccc(N2C(=O)[C@H]3[C@H](ON(c4ccccc4)[C@@H]3c3ccc(OC)c(Br)c3)C2=O)cc1. The lowest BCUT2D eigenvalue weighted by Crippen LogP contribution is -2.37. The molecule has 0 aliphatic carbocycles. The Morgan fingerprint density at radius 1 is 0.944 bits per heavy atom. The van der Waals surface area contributed by atoms with Crippen LogP contribution in [0.1, 0.15) is 31.4 Å². The third kappa shape index (κ3) is 4.35. The molecule has 2 aliphatic heterocycles. The number of hydrogen-bond acceptors (Lipinski definition) is 6. The van der Waals surface area contributed by atoms with Crippen molar-refractivity contribution in [3.63, 3.8) is 0 Å². The van der Waals surface area contributed by atoms with Crippen LogP contribution in [-0.4, -0.2) is 31.6 Å². The summed E-state index contributed by atoms with van der Waals surface area (Å²) in [7, 11) is 1.60. The minimum Gasteiger partial charge on any atom is -0.496 e. The number of imide groups is 1. The minimum absolute atomic E-state index is 0.292. The molecule has 0 radical (unpaired) electrons. The van der Waals surface area contributed by atoms with E-state index in [1.54, 1.807) is 36.4 Å². The number of methoxy groups -OCH3 is 1. The van der Waals surface area contributed by atoms with Crippen molar-refractivity contribution in [1.29, 1.82) is 0 Å². The van der Waals surface area contributed by atoms with E-state index >= 15 is 0 Å². The molecule has 5 rings (SSSR count).